The second kappa shape index (κ2) is 4.55. The molecule has 2 heteroatoms. The Bertz CT molecular complexity index is 292. The first-order chi connectivity index (χ1) is 6.90. The molecule has 0 radical (unpaired) electrons. The van der Waals surface area contributed by atoms with Gasteiger partial charge in [-0.3, -0.25) is 4.90 Å². The maximum Gasteiger partial charge on any atom is 0.129 e. The molecular formula is C13H23NSi. The van der Waals surface area contributed by atoms with Crippen molar-refractivity contribution in [2.45, 2.75) is 44.4 Å². The van der Waals surface area contributed by atoms with Crippen LogP contribution in [-0.2, 0) is 0 Å². The summed E-state index contributed by atoms with van der Waals surface area (Å²) in [5.74, 6) is 3.55. The summed E-state index contributed by atoms with van der Waals surface area (Å²) in [6.45, 7) is 11.9. The van der Waals surface area contributed by atoms with Gasteiger partial charge in [-0.15, -0.1) is 12.1 Å². The maximum atomic E-state index is 3.86. The molecule has 1 unspecified atom stereocenters. The van der Waals surface area contributed by atoms with Crippen molar-refractivity contribution in [3.63, 3.8) is 0 Å². The SMILES string of the molecule is C=CCC1(C#C[Si](C)(C)C)CCCN1C. The third-order valence-corrected chi connectivity index (χ3v) is 3.84. The van der Waals surface area contributed by atoms with Crippen LogP contribution < -0.4 is 0 Å². The molecule has 0 N–H and O–H groups in total. The van der Waals surface area contributed by atoms with Gasteiger partial charge in [0.15, 0.2) is 0 Å². The number of hydrogen-bond donors (Lipinski definition) is 0. The number of nitrogens with zero attached hydrogens (tertiary/aromatic N) is 1. The summed E-state index contributed by atoms with van der Waals surface area (Å²) in [7, 11) is 0.937. The van der Waals surface area contributed by atoms with Gasteiger partial charge in [0.25, 0.3) is 0 Å². The van der Waals surface area contributed by atoms with E-state index in [1.807, 2.05) is 6.08 Å². The molecule has 15 heavy (non-hydrogen) atoms. The molecular weight excluding hydrogens is 198 g/mol. The Hall–Kier alpha value is -0.523. The average Bonchev–Trinajstić information content (AvgIpc) is 2.45. The fraction of sp³-hybridized carbons (Fsp3) is 0.692. The average molecular weight is 221 g/mol. The third-order valence-electron chi connectivity index (χ3n) is 2.97. The van der Waals surface area contributed by atoms with Crippen LogP contribution in [0.1, 0.15) is 19.3 Å². The minimum absolute atomic E-state index is 0.0992. The number of rotatable bonds is 2. The minimum Gasteiger partial charge on any atom is -0.290 e. The first-order valence-electron chi connectivity index (χ1n) is 5.76. The summed E-state index contributed by atoms with van der Waals surface area (Å²) < 4.78 is 0. The lowest BCUT2D eigenvalue weighted by Gasteiger charge is -2.30. The molecule has 0 bridgehead atoms. The molecule has 1 aliphatic rings. The smallest absolute Gasteiger partial charge is 0.129 e. The Morgan fingerprint density at radius 1 is 1.47 bits per heavy atom. The van der Waals surface area contributed by atoms with Gasteiger partial charge >= 0.3 is 0 Å². The predicted molar refractivity (Wildman–Crippen MR) is 70.5 cm³/mol. The highest BCUT2D eigenvalue weighted by Crippen LogP contribution is 2.30. The Kier molecular flexibility index (Phi) is 3.80. The Morgan fingerprint density at radius 2 is 2.13 bits per heavy atom. The second-order valence-electron chi connectivity index (χ2n) is 5.55. The van der Waals surface area contributed by atoms with E-state index >= 15 is 0 Å². The van der Waals surface area contributed by atoms with Crippen molar-refractivity contribution in [3.05, 3.63) is 12.7 Å². The van der Waals surface area contributed by atoms with E-state index in [1.165, 1.54) is 19.4 Å². The predicted octanol–water partition coefficient (Wildman–Crippen LogP) is 2.91. The van der Waals surface area contributed by atoms with Gasteiger partial charge < -0.3 is 0 Å². The summed E-state index contributed by atoms with van der Waals surface area (Å²) >= 11 is 0. The highest BCUT2D eigenvalue weighted by molar-refractivity contribution is 6.83. The molecule has 1 aliphatic heterocycles. The second-order valence-corrected chi connectivity index (χ2v) is 10.3. The lowest BCUT2D eigenvalue weighted by molar-refractivity contribution is 0.243. The summed E-state index contributed by atoms with van der Waals surface area (Å²) in [6.07, 6.45) is 5.49. The van der Waals surface area contributed by atoms with Crippen molar-refractivity contribution in [3.8, 4) is 11.5 Å². The zero-order valence-corrected chi connectivity index (χ0v) is 11.6. The van der Waals surface area contributed by atoms with Crippen LogP contribution in [0.2, 0.25) is 19.6 Å². The lowest BCUT2D eigenvalue weighted by Crippen LogP contribution is -2.40. The molecule has 1 heterocycles. The van der Waals surface area contributed by atoms with Gasteiger partial charge in [-0.05, 0) is 32.9 Å². The fourth-order valence-electron chi connectivity index (χ4n) is 2.02. The Morgan fingerprint density at radius 3 is 2.53 bits per heavy atom. The van der Waals surface area contributed by atoms with Crippen LogP contribution in [0.5, 0.6) is 0 Å². The van der Waals surface area contributed by atoms with Gasteiger partial charge in [-0.1, -0.05) is 31.6 Å². The van der Waals surface area contributed by atoms with Crippen molar-refractivity contribution >= 4 is 8.07 Å². The summed E-state index contributed by atoms with van der Waals surface area (Å²) in [5.41, 5.74) is 3.62. The minimum atomic E-state index is -1.25. The number of likely N-dealkylation sites (tertiary alicyclic amines) is 1. The molecule has 0 aromatic heterocycles. The summed E-state index contributed by atoms with van der Waals surface area (Å²) in [6, 6.07) is 0. The van der Waals surface area contributed by atoms with E-state index in [4.69, 9.17) is 0 Å². The molecule has 1 atom stereocenters. The first-order valence-corrected chi connectivity index (χ1v) is 9.26. The molecule has 1 rings (SSSR count). The molecule has 0 saturated carbocycles. The van der Waals surface area contributed by atoms with Gasteiger partial charge in [0.1, 0.15) is 8.07 Å². The van der Waals surface area contributed by atoms with Gasteiger partial charge in [-0.2, -0.15) is 0 Å². The molecule has 0 aromatic carbocycles. The first kappa shape index (κ1) is 12.5. The van der Waals surface area contributed by atoms with E-state index in [0.717, 1.165) is 6.42 Å². The van der Waals surface area contributed by atoms with E-state index in [2.05, 4.69) is 49.6 Å². The highest BCUT2D eigenvalue weighted by Gasteiger charge is 2.35. The highest BCUT2D eigenvalue weighted by atomic mass is 28.3. The van der Waals surface area contributed by atoms with Crippen LogP contribution in [0.4, 0.5) is 0 Å². The zero-order valence-electron chi connectivity index (χ0n) is 10.6. The van der Waals surface area contributed by atoms with E-state index in [9.17, 15) is 0 Å². The van der Waals surface area contributed by atoms with Crippen LogP contribution in [0.3, 0.4) is 0 Å². The molecule has 0 spiro atoms. The topological polar surface area (TPSA) is 3.24 Å². The molecule has 1 saturated heterocycles. The quantitative estimate of drug-likeness (QED) is 0.394. The van der Waals surface area contributed by atoms with Gasteiger partial charge in [0, 0.05) is 0 Å². The maximum absolute atomic E-state index is 3.86. The van der Waals surface area contributed by atoms with E-state index in [-0.39, 0.29) is 5.54 Å². The van der Waals surface area contributed by atoms with Crippen molar-refractivity contribution in [2.75, 3.05) is 13.6 Å². The van der Waals surface area contributed by atoms with Gasteiger partial charge in [0.05, 0.1) is 5.54 Å². The van der Waals surface area contributed by atoms with Crippen LogP contribution in [0, 0.1) is 11.5 Å². The monoisotopic (exact) mass is 221 g/mol. The van der Waals surface area contributed by atoms with Crippen LogP contribution >= 0.6 is 0 Å². The molecule has 84 valence electrons. The third kappa shape index (κ3) is 3.22. The van der Waals surface area contributed by atoms with Gasteiger partial charge in [-0.25, -0.2) is 0 Å². The van der Waals surface area contributed by atoms with Crippen LogP contribution in [0.15, 0.2) is 12.7 Å². The van der Waals surface area contributed by atoms with Gasteiger partial charge in [0.2, 0.25) is 0 Å². The zero-order chi connectivity index (χ0) is 11.5. The van der Waals surface area contributed by atoms with E-state index in [0.29, 0.717) is 0 Å². The standard InChI is InChI=1S/C13H23NSi/c1-6-8-13(9-7-11-14(13)2)10-12-15(3,4)5/h6H,1,7-9,11H2,2-5H3. The summed E-state index contributed by atoms with van der Waals surface area (Å²) in [4.78, 5) is 2.40. The largest absolute Gasteiger partial charge is 0.290 e. The molecule has 0 aliphatic carbocycles. The van der Waals surface area contributed by atoms with E-state index < -0.39 is 8.07 Å². The summed E-state index contributed by atoms with van der Waals surface area (Å²) in [5, 5.41) is 0. The van der Waals surface area contributed by atoms with Crippen molar-refractivity contribution in [1.82, 2.24) is 4.90 Å². The number of hydrogen-bond acceptors (Lipinski definition) is 1. The van der Waals surface area contributed by atoms with Crippen molar-refractivity contribution < 1.29 is 0 Å². The van der Waals surface area contributed by atoms with E-state index in [1.54, 1.807) is 0 Å². The lowest BCUT2D eigenvalue weighted by atomic mass is 9.93. The molecule has 0 amide bonds. The Labute approximate surface area is 95.6 Å². The van der Waals surface area contributed by atoms with Crippen molar-refractivity contribution in [1.29, 1.82) is 0 Å². The fourth-order valence-corrected chi connectivity index (χ4v) is 2.63. The van der Waals surface area contributed by atoms with Crippen LogP contribution in [-0.4, -0.2) is 32.1 Å². The molecule has 1 nitrogen and oxygen atoms in total. The molecule has 0 aromatic rings. The Balaban J connectivity index is 2.90. The normalized spacial score (nSPS) is 27.2. The molecule has 1 fully saturated rings. The van der Waals surface area contributed by atoms with Crippen molar-refractivity contribution in [2.24, 2.45) is 0 Å². The van der Waals surface area contributed by atoms with Crippen LogP contribution in [0.25, 0.3) is 0 Å².